The minimum absolute atomic E-state index is 0.0805. The number of nitrogens with one attached hydrogen (secondary N) is 2. The number of esters is 1. The zero-order chi connectivity index (χ0) is 22.9. The highest BCUT2D eigenvalue weighted by Crippen LogP contribution is 2.15. The van der Waals surface area contributed by atoms with Crippen LogP contribution in [-0.2, 0) is 4.79 Å². The Labute approximate surface area is 187 Å². The Morgan fingerprint density at radius 3 is 2.47 bits per heavy atom. The van der Waals surface area contributed by atoms with E-state index in [0.717, 1.165) is 6.07 Å². The number of amides is 2. The van der Waals surface area contributed by atoms with E-state index >= 15 is 0 Å². The van der Waals surface area contributed by atoms with Crippen LogP contribution in [0.25, 0.3) is 0 Å². The van der Waals surface area contributed by atoms with Gasteiger partial charge in [-0.1, -0.05) is 29.8 Å². The molecule has 0 aliphatic heterocycles. The van der Waals surface area contributed by atoms with Crippen LogP contribution in [0.3, 0.4) is 0 Å². The summed E-state index contributed by atoms with van der Waals surface area (Å²) < 4.78 is 18.5. The molecule has 0 aromatic heterocycles. The van der Waals surface area contributed by atoms with Gasteiger partial charge in [0.25, 0.3) is 11.8 Å². The number of benzene rings is 3. The summed E-state index contributed by atoms with van der Waals surface area (Å²) in [7, 11) is 0. The Balaban J connectivity index is 1.49. The van der Waals surface area contributed by atoms with Gasteiger partial charge in [0.15, 0.2) is 0 Å². The predicted molar refractivity (Wildman–Crippen MR) is 117 cm³/mol. The van der Waals surface area contributed by atoms with Gasteiger partial charge in [-0.2, -0.15) is 5.10 Å². The molecule has 3 rings (SSSR count). The smallest absolute Gasteiger partial charge is 0.343 e. The topological polar surface area (TPSA) is 96.9 Å². The van der Waals surface area contributed by atoms with E-state index in [2.05, 4.69) is 15.8 Å². The van der Waals surface area contributed by atoms with Gasteiger partial charge in [-0.25, -0.2) is 14.6 Å². The van der Waals surface area contributed by atoms with E-state index in [0.29, 0.717) is 16.1 Å². The van der Waals surface area contributed by atoms with Gasteiger partial charge < -0.3 is 10.1 Å². The lowest BCUT2D eigenvalue weighted by atomic mass is 10.2. The Morgan fingerprint density at radius 1 is 0.969 bits per heavy atom. The van der Waals surface area contributed by atoms with Gasteiger partial charge in [0.2, 0.25) is 0 Å². The number of hydrogen-bond acceptors (Lipinski definition) is 5. The Hall–Kier alpha value is -4.04. The molecule has 3 aromatic rings. The maximum atomic E-state index is 13.2. The zero-order valence-electron chi connectivity index (χ0n) is 16.5. The van der Waals surface area contributed by atoms with Crippen molar-refractivity contribution in [2.75, 3.05) is 6.54 Å². The molecular weight excluding hydrogens is 437 g/mol. The van der Waals surface area contributed by atoms with Gasteiger partial charge in [0.1, 0.15) is 11.6 Å². The van der Waals surface area contributed by atoms with Crippen molar-refractivity contribution in [1.82, 2.24) is 10.7 Å². The number of ether oxygens (including phenoxy) is 1. The molecule has 0 unspecified atom stereocenters. The Morgan fingerprint density at radius 2 is 1.72 bits per heavy atom. The number of nitrogens with zero attached hydrogens (tertiary/aromatic N) is 1. The second kappa shape index (κ2) is 10.8. The van der Waals surface area contributed by atoms with Crippen molar-refractivity contribution in [3.63, 3.8) is 0 Å². The summed E-state index contributed by atoms with van der Waals surface area (Å²) in [5, 5.41) is 6.78. The van der Waals surface area contributed by atoms with Gasteiger partial charge in [-0.15, -0.1) is 0 Å². The first-order valence-corrected chi connectivity index (χ1v) is 9.72. The number of hydrogen-bond donors (Lipinski definition) is 2. The van der Waals surface area contributed by atoms with Crippen molar-refractivity contribution in [3.8, 4) is 5.75 Å². The third-order valence-corrected chi connectivity index (χ3v) is 4.30. The van der Waals surface area contributed by atoms with E-state index in [-0.39, 0.29) is 17.9 Å². The standard InChI is InChI=1S/C23H17ClFN3O4/c24-18-9-7-16(8-10-18)22(30)26-14-21(29)28-27-13-15-3-1-6-20(11-15)32-23(31)17-4-2-5-19(25)12-17/h1-13H,14H2,(H,26,30)(H,28,29)/b27-13+. The third-order valence-electron chi connectivity index (χ3n) is 4.05. The normalized spacial score (nSPS) is 10.6. The quantitative estimate of drug-likeness (QED) is 0.247. The summed E-state index contributed by atoms with van der Waals surface area (Å²) in [6, 6.07) is 17.8. The number of hydrazone groups is 1. The van der Waals surface area contributed by atoms with Crippen LogP contribution in [0.2, 0.25) is 5.02 Å². The van der Waals surface area contributed by atoms with Gasteiger partial charge >= 0.3 is 5.97 Å². The van der Waals surface area contributed by atoms with Crippen molar-refractivity contribution >= 4 is 35.6 Å². The molecule has 0 saturated carbocycles. The van der Waals surface area contributed by atoms with Crippen molar-refractivity contribution in [2.24, 2.45) is 5.10 Å². The number of rotatable bonds is 7. The molecule has 0 fully saturated rings. The molecule has 0 saturated heterocycles. The fourth-order valence-electron chi connectivity index (χ4n) is 2.52. The Bertz CT molecular complexity index is 1170. The number of carbonyl (C=O) groups excluding carboxylic acids is 3. The van der Waals surface area contributed by atoms with Gasteiger partial charge in [-0.3, -0.25) is 9.59 Å². The average molecular weight is 454 g/mol. The zero-order valence-corrected chi connectivity index (χ0v) is 17.3. The van der Waals surface area contributed by atoms with Crippen LogP contribution in [0, 0.1) is 5.82 Å². The highest BCUT2D eigenvalue weighted by Gasteiger charge is 2.10. The second-order valence-corrected chi connectivity index (χ2v) is 6.89. The van der Waals surface area contributed by atoms with E-state index in [9.17, 15) is 18.8 Å². The summed E-state index contributed by atoms with van der Waals surface area (Å²) in [5.41, 5.74) is 3.28. The first-order valence-electron chi connectivity index (χ1n) is 9.34. The molecule has 0 aliphatic carbocycles. The molecule has 0 heterocycles. The van der Waals surface area contributed by atoms with Crippen molar-refractivity contribution < 1.29 is 23.5 Å². The highest BCUT2D eigenvalue weighted by molar-refractivity contribution is 6.30. The maximum Gasteiger partial charge on any atom is 0.343 e. The molecule has 2 amide bonds. The number of halogens is 2. The predicted octanol–water partition coefficient (Wildman–Crippen LogP) is 3.58. The molecule has 9 heteroatoms. The van der Waals surface area contributed by atoms with Crippen molar-refractivity contribution in [1.29, 1.82) is 0 Å². The molecule has 0 radical (unpaired) electrons. The lowest BCUT2D eigenvalue weighted by Crippen LogP contribution is -2.34. The second-order valence-electron chi connectivity index (χ2n) is 6.46. The average Bonchev–Trinajstić information content (AvgIpc) is 2.78. The lowest BCUT2D eigenvalue weighted by Gasteiger charge is -2.05. The maximum absolute atomic E-state index is 13.2. The fraction of sp³-hybridized carbons (Fsp3) is 0.0435. The van der Waals surface area contributed by atoms with Gasteiger partial charge in [0.05, 0.1) is 18.3 Å². The van der Waals surface area contributed by atoms with E-state index in [4.69, 9.17) is 16.3 Å². The van der Waals surface area contributed by atoms with Crippen LogP contribution < -0.4 is 15.5 Å². The minimum Gasteiger partial charge on any atom is -0.423 e. The molecule has 2 N–H and O–H groups in total. The summed E-state index contributed by atoms with van der Waals surface area (Å²) >= 11 is 5.77. The van der Waals surface area contributed by atoms with Gasteiger partial charge in [-0.05, 0) is 60.2 Å². The SMILES string of the molecule is O=C(CNC(=O)c1ccc(Cl)cc1)N/N=C/c1cccc(OC(=O)c2cccc(F)c2)c1. The van der Waals surface area contributed by atoms with Crippen molar-refractivity contribution in [3.05, 3.63) is 100 Å². The molecule has 7 nitrogen and oxygen atoms in total. The molecule has 0 aliphatic rings. The van der Waals surface area contributed by atoms with Crippen LogP contribution in [0.5, 0.6) is 5.75 Å². The monoisotopic (exact) mass is 453 g/mol. The molecule has 0 spiro atoms. The molecule has 32 heavy (non-hydrogen) atoms. The lowest BCUT2D eigenvalue weighted by molar-refractivity contribution is -0.120. The first-order chi connectivity index (χ1) is 15.4. The van der Waals surface area contributed by atoms with E-state index in [1.54, 1.807) is 42.5 Å². The molecule has 3 aromatic carbocycles. The fourth-order valence-corrected chi connectivity index (χ4v) is 2.65. The van der Waals surface area contributed by atoms with Crippen LogP contribution in [-0.4, -0.2) is 30.5 Å². The molecular formula is C23H17ClFN3O4. The number of carbonyl (C=O) groups is 3. The van der Waals surface area contributed by atoms with Crippen LogP contribution >= 0.6 is 11.6 Å². The van der Waals surface area contributed by atoms with Crippen LogP contribution in [0.1, 0.15) is 26.3 Å². The highest BCUT2D eigenvalue weighted by atomic mass is 35.5. The molecule has 162 valence electrons. The summed E-state index contributed by atoms with van der Waals surface area (Å²) in [5.74, 6) is -1.97. The summed E-state index contributed by atoms with van der Waals surface area (Å²) in [6.07, 6.45) is 1.35. The van der Waals surface area contributed by atoms with Crippen molar-refractivity contribution in [2.45, 2.75) is 0 Å². The van der Waals surface area contributed by atoms with E-state index in [1.165, 1.54) is 30.5 Å². The van der Waals surface area contributed by atoms with E-state index in [1.807, 2.05) is 0 Å². The molecule has 0 atom stereocenters. The molecule has 0 bridgehead atoms. The van der Waals surface area contributed by atoms with E-state index < -0.39 is 23.6 Å². The largest absolute Gasteiger partial charge is 0.423 e. The minimum atomic E-state index is -0.705. The van der Waals surface area contributed by atoms with Gasteiger partial charge in [0, 0.05) is 10.6 Å². The van der Waals surface area contributed by atoms with Crippen LogP contribution in [0.15, 0.2) is 77.9 Å². The third kappa shape index (κ3) is 6.75. The summed E-state index contributed by atoms with van der Waals surface area (Å²) in [6.45, 7) is -0.274. The Kier molecular flexibility index (Phi) is 7.66. The van der Waals surface area contributed by atoms with Crippen LogP contribution in [0.4, 0.5) is 4.39 Å². The summed E-state index contributed by atoms with van der Waals surface area (Å²) in [4.78, 5) is 35.9. The first kappa shape index (κ1) is 22.6.